The highest BCUT2D eigenvalue weighted by Crippen LogP contribution is 2.38. The van der Waals surface area contributed by atoms with Gasteiger partial charge in [-0.1, -0.05) is 183 Å². The second kappa shape index (κ2) is 12.3. The van der Waals surface area contributed by atoms with Gasteiger partial charge in [0.05, 0.1) is 0 Å². The molecule has 8 aromatic carbocycles. The largest absolute Gasteiger partial charge is 0.208 e. The number of hydrogen-bond donors (Lipinski definition) is 0. The maximum Gasteiger partial charge on any atom is 0.164 e. The van der Waals surface area contributed by atoms with Crippen LogP contribution in [0.15, 0.2) is 176 Å². The van der Waals surface area contributed by atoms with Gasteiger partial charge in [-0.25, -0.2) is 15.0 Å². The molecule has 2 heterocycles. The van der Waals surface area contributed by atoms with E-state index in [1.165, 1.54) is 54.3 Å². The van der Waals surface area contributed by atoms with Gasteiger partial charge in [0.2, 0.25) is 0 Å². The summed E-state index contributed by atoms with van der Waals surface area (Å²) in [6, 6.07) is 62.9. The molecule has 0 spiro atoms. The van der Waals surface area contributed by atoms with Crippen molar-refractivity contribution in [1.82, 2.24) is 15.0 Å². The molecule has 0 saturated carbocycles. The van der Waals surface area contributed by atoms with Crippen LogP contribution >= 0.6 is 0 Å². The maximum atomic E-state index is 5.28. The molecular weight excluding hydrogens is 659 g/mol. The van der Waals surface area contributed by atoms with Gasteiger partial charge in [-0.3, -0.25) is 0 Å². The van der Waals surface area contributed by atoms with Crippen molar-refractivity contribution < 1.29 is 0 Å². The lowest BCUT2D eigenvalue weighted by molar-refractivity contribution is 1.08. The number of benzene rings is 8. The molecule has 3 nitrogen and oxygen atoms in total. The summed E-state index contributed by atoms with van der Waals surface area (Å²) in [5, 5.41) is 7.80. The van der Waals surface area contributed by atoms with Crippen LogP contribution in [-0.2, 0) is 0 Å². The number of rotatable bonds is 5. The smallest absolute Gasteiger partial charge is 0.164 e. The molecule has 250 valence electrons. The van der Waals surface area contributed by atoms with Crippen molar-refractivity contribution in [2.75, 3.05) is 0 Å². The zero-order chi connectivity index (χ0) is 35.5. The minimum atomic E-state index is -2.00. The topological polar surface area (TPSA) is 38.7 Å². The van der Waals surface area contributed by atoms with Crippen LogP contribution in [0.25, 0.3) is 89.1 Å². The van der Waals surface area contributed by atoms with Gasteiger partial charge in [-0.05, 0) is 71.4 Å². The molecule has 0 atom stereocenters. The van der Waals surface area contributed by atoms with Crippen molar-refractivity contribution in [1.29, 1.82) is 0 Å². The highest BCUT2D eigenvalue weighted by molar-refractivity contribution is 7.04. The lowest BCUT2D eigenvalue weighted by atomic mass is 9.94. The van der Waals surface area contributed by atoms with E-state index in [0.29, 0.717) is 17.5 Å². The fourth-order valence-electron chi connectivity index (χ4n) is 8.21. The van der Waals surface area contributed by atoms with Gasteiger partial charge in [0.25, 0.3) is 0 Å². The highest BCUT2D eigenvalue weighted by atomic mass is 28.3. The van der Waals surface area contributed by atoms with Gasteiger partial charge >= 0.3 is 0 Å². The predicted octanol–water partition coefficient (Wildman–Crippen LogP) is 11.3. The Hall–Kier alpha value is -6.49. The fourth-order valence-corrected chi connectivity index (χ4v) is 11.3. The summed E-state index contributed by atoms with van der Waals surface area (Å²) in [6.07, 6.45) is 0. The third-order valence-corrected chi connectivity index (χ3v) is 14.5. The summed E-state index contributed by atoms with van der Waals surface area (Å²) in [4.78, 5) is 15.7. The molecule has 9 aromatic rings. The SMILES string of the molecule is C[Si]1(C)c2cc(-c3nc(-c4ccc(-c5ccccc5)cc4)nc(-c4ccc(-c5ccccc5)c5ccccc45)n3)ccc2-c2c1ccc1ccccc21. The molecule has 1 aliphatic heterocycles. The zero-order valence-electron chi connectivity index (χ0n) is 29.6. The Kier molecular flexibility index (Phi) is 7.27. The summed E-state index contributed by atoms with van der Waals surface area (Å²) in [7, 11) is -2.00. The Morgan fingerprint density at radius 1 is 0.340 bits per heavy atom. The molecule has 0 aliphatic carbocycles. The van der Waals surface area contributed by atoms with Crippen molar-refractivity contribution in [3.63, 3.8) is 0 Å². The Bertz CT molecular complexity index is 2850. The molecule has 1 aromatic heterocycles. The average Bonchev–Trinajstić information content (AvgIpc) is 3.46. The monoisotopic (exact) mass is 693 g/mol. The molecule has 0 unspecified atom stereocenters. The molecule has 0 N–H and O–H groups in total. The Labute approximate surface area is 310 Å². The van der Waals surface area contributed by atoms with E-state index in [0.717, 1.165) is 27.6 Å². The van der Waals surface area contributed by atoms with E-state index in [4.69, 9.17) is 15.0 Å². The van der Waals surface area contributed by atoms with Crippen LogP contribution in [0.4, 0.5) is 0 Å². The standard InChI is InChI=1S/C49H35N3Si/c1-53(2)44-30-26-35-17-9-10-18-39(35)46(44)43-27-25-37(31-45(43)53)48-50-47(36-23-21-33(22-24-36)32-13-5-3-6-14-32)51-49(52-48)42-29-28-38(34-15-7-4-8-16-34)40-19-11-12-20-41(40)42/h3-31H,1-2H3. The Morgan fingerprint density at radius 3 is 1.58 bits per heavy atom. The molecule has 0 saturated heterocycles. The first-order valence-corrected chi connectivity index (χ1v) is 21.2. The third-order valence-electron chi connectivity index (χ3n) is 11.0. The normalized spacial score (nSPS) is 12.9. The summed E-state index contributed by atoms with van der Waals surface area (Å²) in [5.41, 5.74) is 10.4. The van der Waals surface area contributed by atoms with Crippen molar-refractivity contribution in [2.45, 2.75) is 13.1 Å². The van der Waals surface area contributed by atoms with Crippen molar-refractivity contribution in [2.24, 2.45) is 0 Å². The molecule has 1 aliphatic rings. The van der Waals surface area contributed by atoms with E-state index in [1.54, 1.807) is 0 Å². The highest BCUT2D eigenvalue weighted by Gasteiger charge is 2.38. The van der Waals surface area contributed by atoms with Crippen LogP contribution in [0.5, 0.6) is 0 Å². The predicted molar refractivity (Wildman–Crippen MR) is 224 cm³/mol. The summed E-state index contributed by atoms with van der Waals surface area (Å²) in [5.74, 6) is 2.01. The summed E-state index contributed by atoms with van der Waals surface area (Å²) < 4.78 is 0. The summed E-state index contributed by atoms with van der Waals surface area (Å²) >= 11 is 0. The van der Waals surface area contributed by atoms with Crippen LogP contribution in [0.2, 0.25) is 13.1 Å². The number of nitrogens with zero attached hydrogens (tertiary/aromatic N) is 3. The minimum absolute atomic E-state index is 0.659. The number of fused-ring (bicyclic) bond motifs is 6. The molecule has 10 rings (SSSR count). The van der Waals surface area contributed by atoms with Gasteiger partial charge in [-0.2, -0.15) is 0 Å². The van der Waals surface area contributed by atoms with Crippen molar-refractivity contribution in [3.05, 3.63) is 176 Å². The number of aromatic nitrogens is 3. The molecule has 4 heteroatoms. The molecule has 0 radical (unpaired) electrons. The van der Waals surface area contributed by atoms with Gasteiger partial charge in [-0.15, -0.1) is 0 Å². The van der Waals surface area contributed by atoms with Crippen LogP contribution in [0, 0.1) is 0 Å². The molecular formula is C49H35N3Si. The lowest BCUT2D eigenvalue weighted by Gasteiger charge is -2.19. The van der Waals surface area contributed by atoms with Crippen molar-refractivity contribution >= 4 is 40.0 Å². The maximum absolute atomic E-state index is 5.28. The molecule has 53 heavy (non-hydrogen) atoms. The Morgan fingerprint density at radius 2 is 0.849 bits per heavy atom. The third kappa shape index (κ3) is 5.22. The first kappa shape index (κ1) is 31.3. The molecule has 0 fully saturated rings. The van der Waals surface area contributed by atoms with Gasteiger partial charge in [0, 0.05) is 16.7 Å². The lowest BCUT2D eigenvalue weighted by Crippen LogP contribution is -2.49. The zero-order valence-corrected chi connectivity index (χ0v) is 30.6. The van der Waals surface area contributed by atoms with Gasteiger partial charge in [0.1, 0.15) is 8.07 Å². The minimum Gasteiger partial charge on any atom is -0.208 e. The molecule has 0 bridgehead atoms. The van der Waals surface area contributed by atoms with E-state index >= 15 is 0 Å². The van der Waals surface area contributed by atoms with Crippen LogP contribution < -0.4 is 10.4 Å². The first-order chi connectivity index (χ1) is 26.0. The van der Waals surface area contributed by atoms with Crippen LogP contribution in [0.1, 0.15) is 0 Å². The quantitative estimate of drug-likeness (QED) is 0.168. The Balaban J connectivity index is 1.16. The van der Waals surface area contributed by atoms with Crippen molar-refractivity contribution in [3.8, 4) is 67.5 Å². The second-order valence-electron chi connectivity index (χ2n) is 14.4. The van der Waals surface area contributed by atoms with E-state index in [1.807, 2.05) is 6.07 Å². The van der Waals surface area contributed by atoms with Gasteiger partial charge in [0.15, 0.2) is 17.5 Å². The first-order valence-electron chi connectivity index (χ1n) is 18.2. The van der Waals surface area contributed by atoms with E-state index in [2.05, 4.69) is 183 Å². The van der Waals surface area contributed by atoms with Crippen LogP contribution in [0.3, 0.4) is 0 Å². The van der Waals surface area contributed by atoms with E-state index in [-0.39, 0.29) is 0 Å². The van der Waals surface area contributed by atoms with Gasteiger partial charge < -0.3 is 0 Å². The average molecular weight is 694 g/mol. The fraction of sp³-hybridized carbons (Fsp3) is 0.0408. The molecule has 0 amide bonds. The van der Waals surface area contributed by atoms with E-state index < -0.39 is 8.07 Å². The second-order valence-corrected chi connectivity index (χ2v) is 18.7. The number of hydrogen-bond acceptors (Lipinski definition) is 3. The van der Waals surface area contributed by atoms with E-state index in [9.17, 15) is 0 Å². The summed E-state index contributed by atoms with van der Waals surface area (Å²) in [6.45, 7) is 4.93. The van der Waals surface area contributed by atoms with Crippen LogP contribution in [-0.4, -0.2) is 23.0 Å².